The standard InChI is InChI=1S/C22H35N5O3/c1-25(2)18-8-6-17(7-9-18)20(27-12-10-26(3)11-13-27)16-24-22(29)21(28)23-15-19-5-4-14-30-19/h6-9,19-20H,4-5,10-16H2,1-3H3,(H,23,28)(H,24,29)/t19-,20+/m1/s1. The third-order valence-corrected chi connectivity index (χ3v) is 5.95. The van der Waals surface area contributed by atoms with Gasteiger partial charge in [-0.1, -0.05) is 12.1 Å². The van der Waals surface area contributed by atoms with Gasteiger partial charge in [0, 0.05) is 65.7 Å². The van der Waals surface area contributed by atoms with Crippen LogP contribution in [0.15, 0.2) is 24.3 Å². The molecule has 0 aliphatic carbocycles. The van der Waals surface area contributed by atoms with E-state index in [1.165, 1.54) is 0 Å². The summed E-state index contributed by atoms with van der Waals surface area (Å²) in [4.78, 5) is 31.3. The van der Waals surface area contributed by atoms with Crippen LogP contribution in [0.1, 0.15) is 24.4 Å². The molecule has 0 radical (unpaired) electrons. The normalized spacial score (nSPS) is 21.2. The maximum atomic E-state index is 12.4. The van der Waals surface area contributed by atoms with Gasteiger partial charge in [0.25, 0.3) is 0 Å². The molecule has 0 spiro atoms. The number of anilines is 1. The van der Waals surface area contributed by atoms with Crippen molar-refractivity contribution >= 4 is 17.5 Å². The molecule has 2 heterocycles. The molecule has 0 bridgehead atoms. The van der Waals surface area contributed by atoms with E-state index >= 15 is 0 Å². The summed E-state index contributed by atoms with van der Waals surface area (Å²) in [6, 6.07) is 8.44. The molecular formula is C22H35N5O3. The van der Waals surface area contributed by atoms with Crippen molar-refractivity contribution in [1.29, 1.82) is 0 Å². The molecule has 2 N–H and O–H groups in total. The SMILES string of the molecule is CN1CCN([C@@H](CNC(=O)C(=O)NC[C@H]2CCCO2)c2ccc(N(C)C)cc2)CC1. The monoisotopic (exact) mass is 417 g/mol. The summed E-state index contributed by atoms with van der Waals surface area (Å²) in [6.07, 6.45) is 1.96. The Kier molecular flexibility index (Phi) is 8.07. The second kappa shape index (κ2) is 10.7. The number of benzene rings is 1. The Balaban J connectivity index is 1.60. The first-order chi connectivity index (χ1) is 14.4. The van der Waals surface area contributed by atoms with Crippen LogP contribution in [0, 0.1) is 0 Å². The van der Waals surface area contributed by atoms with Gasteiger partial charge in [-0.3, -0.25) is 14.5 Å². The number of piperazine rings is 1. The van der Waals surface area contributed by atoms with Crippen molar-refractivity contribution in [1.82, 2.24) is 20.4 Å². The van der Waals surface area contributed by atoms with Crippen LogP contribution in [-0.2, 0) is 14.3 Å². The van der Waals surface area contributed by atoms with Gasteiger partial charge >= 0.3 is 11.8 Å². The molecule has 3 rings (SSSR count). The summed E-state index contributed by atoms with van der Waals surface area (Å²) in [7, 11) is 6.16. The number of ether oxygens (including phenoxy) is 1. The number of hydrogen-bond donors (Lipinski definition) is 2. The number of rotatable bonds is 7. The molecule has 2 atom stereocenters. The second-order valence-corrected chi connectivity index (χ2v) is 8.40. The summed E-state index contributed by atoms with van der Waals surface area (Å²) in [5.74, 6) is -1.18. The molecule has 0 saturated carbocycles. The molecular weight excluding hydrogens is 382 g/mol. The number of carbonyl (C=O) groups excluding carboxylic acids is 2. The zero-order valence-electron chi connectivity index (χ0n) is 18.4. The van der Waals surface area contributed by atoms with Crippen LogP contribution in [0.25, 0.3) is 0 Å². The van der Waals surface area contributed by atoms with E-state index in [-0.39, 0.29) is 12.1 Å². The quantitative estimate of drug-likeness (QED) is 0.628. The van der Waals surface area contributed by atoms with E-state index in [9.17, 15) is 9.59 Å². The van der Waals surface area contributed by atoms with Crippen LogP contribution < -0.4 is 15.5 Å². The molecule has 2 aliphatic rings. The highest BCUT2D eigenvalue weighted by molar-refractivity contribution is 6.35. The van der Waals surface area contributed by atoms with Crippen molar-refractivity contribution in [3.05, 3.63) is 29.8 Å². The molecule has 8 heteroatoms. The van der Waals surface area contributed by atoms with Gasteiger partial charge in [0.05, 0.1) is 12.1 Å². The first-order valence-corrected chi connectivity index (χ1v) is 10.8. The van der Waals surface area contributed by atoms with E-state index in [1.807, 2.05) is 14.1 Å². The van der Waals surface area contributed by atoms with Gasteiger partial charge in [-0.25, -0.2) is 0 Å². The Bertz CT molecular complexity index is 695. The van der Waals surface area contributed by atoms with Crippen LogP contribution in [0.2, 0.25) is 0 Å². The summed E-state index contributed by atoms with van der Waals surface area (Å²) in [6.45, 7) is 5.35. The molecule has 8 nitrogen and oxygen atoms in total. The van der Waals surface area contributed by atoms with Gasteiger partial charge in [0.1, 0.15) is 0 Å². The Hall–Kier alpha value is -2.16. The smallest absolute Gasteiger partial charge is 0.309 e. The molecule has 0 aromatic heterocycles. The van der Waals surface area contributed by atoms with Crippen molar-refractivity contribution in [3.8, 4) is 0 Å². The Morgan fingerprint density at radius 2 is 1.77 bits per heavy atom. The highest BCUT2D eigenvalue weighted by Crippen LogP contribution is 2.24. The van der Waals surface area contributed by atoms with Crippen LogP contribution in [0.3, 0.4) is 0 Å². The van der Waals surface area contributed by atoms with Gasteiger partial charge in [-0.05, 0) is 37.6 Å². The molecule has 166 valence electrons. The third-order valence-electron chi connectivity index (χ3n) is 5.95. The second-order valence-electron chi connectivity index (χ2n) is 8.40. The van der Waals surface area contributed by atoms with E-state index in [0.717, 1.165) is 56.9 Å². The molecule has 1 aromatic rings. The van der Waals surface area contributed by atoms with E-state index in [2.05, 4.69) is 56.6 Å². The summed E-state index contributed by atoms with van der Waals surface area (Å²) < 4.78 is 5.49. The van der Waals surface area contributed by atoms with Gasteiger partial charge in [-0.15, -0.1) is 0 Å². The topological polar surface area (TPSA) is 77.1 Å². The zero-order valence-corrected chi connectivity index (χ0v) is 18.4. The number of nitrogens with zero attached hydrogens (tertiary/aromatic N) is 3. The first-order valence-electron chi connectivity index (χ1n) is 10.8. The van der Waals surface area contributed by atoms with Gasteiger partial charge in [0.15, 0.2) is 0 Å². The highest BCUT2D eigenvalue weighted by atomic mass is 16.5. The number of hydrogen-bond acceptors (Lipinski definition) is 6. The fraction of sp³-hybridized carbons (Fsp3) is 0.636. The average Bonchev–Trinajstić information content (AvgIpc) is 3.27. The van der Waals surface area contributed by atoms with E-state index in [0.29, 0.717) is 13.1 Å². The third kappa shape index (κ3) is 6.17. The minimum absolute atomic E-state index is 0.0232. The highest BCUT2D eigenvalue weighted by Gasteiger charge is 2.26. The summed E-state index contributed by atoms with van der Waals surface area (Å²) >= 11 is 0. The lowest BCUT2D eigenvalue weighted by Gasteiger charge is -2.38. The number of nitrogens with one attached hydrogen (secondary N) is 2. The molecule has 30 heavy (non-hydrogen) atoms. The minimum Gasteiger partial charge on any atom is -0.378 e. The molecule has 1 aromatic carbocycles. The molecule has 2 amide bonds. The molecule has 2 fully saturated rings. The number of amides is 2. The van der Waals surface area contributed by atoms with Crippen molar-refractivity contribution in [3.63, 3.8) is 0 Å². The van der Waals surface area contributed by atoms with Crippen LogP contribution in [-0.4, -0.2) is 94.7 Å². The van der Waals surface area contributed by atoms with E-state index in [4.69, 9.17) is 4.74 Å². The van der Waals surface area contributed by atoms with Gasteiger partial charge in [0.2, 0.25) is 0 Å². The zero-order chi connectivity index (χ0) is 21.5. The van der Waals surface area contributed by atoms with Crippen molar-refractivity contribution in [2.75, 3.05) is 71.9 Å². The largest absolute Gasteiger partial charge is 0.378 e. The minimum atomic E-state index is -0.592. The van der Waals surface area contributed by atoms with Crippen molar-refractivity contribution in [2.45, 2.75) is 25.0 Å². The van der Waals surface area contributed by atoms with E-state index < -0.39 is 11.8 Å². The Labute approximate surface area is 179 Å². The van der Waals surface area contributed by atoms with Crippen molar-refractivity contribution < 1.29 is 14.3 Å². The Morgan fingerprint density at radius 3 is 2.37 bits per heavy atom. The molecule has 2 saturated heterocycles. The predicted molar refractivity (Wildman–Crippen MR) is 118 cm³/mol. The first kappa shape index (κ1) is 22.5. The number of carbonyl (C=O) groups is 2. The maximum Gasteiger partial charge on any atom is 0.309 e. The Morgan fingerprint density at radius 1 is 1.10 bits per heavy atom. The van der Waals surface area contributed by atoms with E-state index in [1.54, 1.807) is 0 Å². The average molecular weight is 418 g/mol. The maximum absolute atomic E-state index is 12.4. The van der Waals surface area contributed by atoms with Crippen LogP contribution >= 0.6 is 0 Å². The van der Waals surface area contributed by atoms with Gasteiger partial charge in [-0.2, -0.15) is 0 Å². The fourth-order valence-electron chi connectivity index (χ4n) is 3.95. The molecule has 2 aliphatic heterocycles. The van der Waals surface area contributed by atoms with Gasteiger partial charge < -0.3 is 25.2 Å². The summed E-state index contributed by atoms with van der Waals surface area (Å²) in [5.41, 5.74) is 2.28. The lowest BCUT2D eigenvalue weighted by atomic mass is 10.0. The lowest BCUT2D eigenvalue weighted by Crippen LogP contribution is -2.50. The lowest BCUT2D eigenvalue weighted by molar-refractivity contribution is -0.139. The molecule has 0 unspecified atom stereocenters. The fourth-order valence-corrected chi connectivity index (χ4v) is 3.95. The van der Waals surface area contributed by atoms with Crippen LogP contribution in [0.5, 0.6) is 0 Å². The van der Waals surface area contributed by atoms with Crippen molar-refractivity contribution in [2.24, 2.45) is 0 Å². The predicted octanol–water partition coefficient (Wildman–Crippen LogP) is 0.453. The van der Waals surface area contributed by atoms with Crippen LogP contribution in [0.4, 0.5) is 5.69 Å². The summed E-state index contributed by atoms with van der Waals surface area (Å²) in [5, 5.41) is 5.54. The number of likely N-dealkylation sites (N-methyl/N-ethyl adjacent to an activating group) is 1.